The van der Waals surface area contributed by atoms with E-state index >= 15 is 0 Å². The summed E-state index contributed by atoms with van der Waals surface area (Å²) in [7, 11) is 0. The molecule has 1 aromatic rings. The van der Waals surface area contributed by atoms with Crippen LogP contribution in [0.15, 0.2) is 24.3 Å². The van der Waals surface area contributed by atoms with Gasteiger partial charge in [-0.3, -0.25) is 0 Å². The molecule has 2 atom stereocenters. The van der Waals surface area contributed by atoms with Crippen molar-refractivity contribution in [2.75, 3.05) is 0 Å². The number of hydrogen-bond donors (Lipinski definition) is 1. The second-order valence-corrected chi connectivity index (χ2v) is 5.46. The highest BCUT2D eigenvalue weighted by Gasteiger charge is 2.22. The maximum absolute atomic E-state index is 8.93. The predicted molar refractivity (Wildman–Crippen MR) is 74.1 cm³/mol. The fraction of sp³-hybridized carbons (Fsp3) is 0.562. The third-order valence-corrected chi connectivity index (χ3v) is 4.14. The summed E-state index contributed by atoms with van der Waals surface area (Å²) >= 11 is 0. The second-order valence-electron chi connectivity index (χ2n) is 5.46. The minimum atomic E-state index is 0.314. The van der Waals surface area contributed by atoms with E-state index in [2.05, 4.69) is 31.3 Å². The van der Waals surface area contributed by atoms with Gasteiger partial charge in [-0.05, 0) is 50.3 Å². The SMILES string of the molecule is CC(N[C@H](C)C1CCCC1)c1cccc(C#N)c1. The minimum absolute atomic E-state index is 0.314. The Bertz CT molecular complexity index is 427. The summed E-state index contributed by atoms with van der Waals surface area (Å²) in [5.74, 6) is 0.826. The smallest absolute Gasteiger partial charge is 0.0991 e. The van der Waals surface area contributed by atoms with E-state index in [1.54, 1.807) is 0 Å². The van der Waals surface area contributed by atoms with Crippen LogP contribution >= 0.6 is 0 Å². The first-order valence-corrected chi connectivity index (χ1v) is 6.97. The monoisotopic (exact) mass is 242 g/mol. The number of nitrogens with one attached hydrogen (secondary N) is 1. The van der Waals surface area contributed by atoms with Gasteiger partial charge in [0.05, 0.1) is 11.6 Å². The van der Waals surface area contributed by atoms with Crippen molar-refractivity contribution in [2.24, 2.45) is 5.92 Å². The molecule has 0 saturated heterocycles. The number of nitrogens with zero attached hydrogens (tertiary/aromatic N) is 1. The molecule has 0 radical (unpaired) electrons. The average Bonchev–Trinajstić information content (AvgIpc) is 2.92. The van der Waals surface area contributed by atoms with Crippen molar-refractivity contribution in [3.63, 3.8) is 0 Å². The molecule has 2 nitrogen and oxygen atoms in total. The van der Waals surface area contributed by atoms with E-state index in [1.807, 2.05) is 18.2 Å². The van der Waals surface area contributed by atoms with Crippen molar-refractivity contribution in [1.29, 1.82) is 5.26 Å². The topological polar surface area (TPSA) is 35.8 Å². The lowest BCUT2D eigenvalue weighted by atomic mass is 9.97. The summed E-state index contributed by atoms with van der Waals surface area (Å²) < 4.78 is 0. The van der Waals surface area contributed by atoms with Gasteiger partial charge in [0, 0.05) is 12.1 Å². The molecule has 0 amide bonds. The first-order chi connectivity index (χ1) is 8.70. The van der Waals surface area contributed by atoms with Crippen molar-refractivity contribution in [2.45, 2.75) is 51.6 Å². The third kappa shape index (κ3) is 3.11. The Hall–Kier alpha value is -1.33. The molecule has 1 aliphatic rings. The van der Waals surface area contributed by atoms with Gasteiger partial charge in [0.1, 0.15) is 0 Å². The van der Waals surface area contributed by atoms with Crippen LogP contribution in [-0.2, 0) is 0 Å². The van der Waals surface area contributed by atoms with E-state index in [4.69, 9.17) is 5.26 Å². The minimum Gasteiger partial charge on any atom is -0.307 e. The highest BCUT2D eigenvalue weighted by Crippen LogP contribution is 2.28. The molecule has 0 bridgehead atoms. The average molecular weight is 242 g/mol. The fourth-order valence-corrected chi connectivity index (χ4v) is 2.96. The molecule has 2 heteroatoms. The summed E-state index contributed by atoms with van der Waals surface area (Å²) in [5, 5.41) is 12.6. The number of hydrogen-bond acceptors (Lipinski definition) is 2. The molecule has 1 aliphatic carbocycles. The molecule has 0 aromatic heterocycles. The quantitative estimate of drug-likeness (QED) is 0.872. The van der Waals surface area contributed by atoms with E-state index in [9.17, 15) is 0 Å². The van der Waals surface area contributed by atoms with Gasteiger partial charge in [-0.1, -0.05) is 25.0 Å². The van der Waals surface area contributed by atoms with Crippen LogP contribution in [-0.4, -0.2) is 6.04 Å². The van der Waals surface area contributed by atoms with Crippen LogP contribution in [0.5, 0.6) is 0 Å². The maximum atomic E-state index is 8.93. The molecule has 1 aromatic carbocycles. The third-order valence-electron chi connectivity index (χ3n) is 4.14. The number of benzene rings is 1. The van der Waals surface area contributed by atoms with E-state index in [1.165, 1.54) is 31.2 Å². The Labute approximate surface area is 110 Å². The molecule has 2 rings (SSSR count). The van der Waals surface area contributed by atoms with Gasteiger partial charge in [0.25, 0.3) is 0 Å². The molecule has 1 saturated carbocycles. The number of rotatable bonds is 4. The molecule has 1 N–H and O–H groups in total. The highest BCUT2D eigenvalue weighted by atomic mass is 14.9. The molecule has 0 heterocycles. The van der Waals surface area contributed by atoms with E-state index in [0.717, 1.165) is 11.5 Å². The summed E-state index contributed by atoms with van der Waals surface area (Å²) in [6.45, 7) is 4.47. The fourth-order valence-electron chi connectivity index (χ4n) is 2.96. The van der Waals surface area contributed by atoms with Crippen LogP contribution in [0.2, 0.25) is 0 Å². The lowest BCUT2D eigenvalue weighted by molar-refractivity contribution is 0.352. The second kappa shape index (κ2) is 6.02. The van der Waals surface area contributed by atoms with Crippen molar-refractivity contribution in [3.05, 3.63) is 35.4 Å². The lowest BCUT2D eigenvalue weighted by Gasteiger charge is -2.25. The molecule has 96 valence electrons. The molecule has 0 spiro atoms. The van der Waals surface area contributed by atoms with Crippen LogP contribution in [0.25, 0.3) is 0 Å². The van der Waals surface area contributed by atoms with Crippen LogP contribution in [0.4, 0.5) is 0 Å². The van der Waals surface area contributed by atoms with Crippen molar-refractivity contribution in [1.82, 2.24) is 5.32 Å². The predicted octanol–water partition coefficient (Wildman–Crippen LogP) is 3.79. The zero-order chi connectivity index (χ0) is 13.0. The zero-order valence-corrected chi connectivity index (χ0v) is 11.3. The van der Waals surface area contributed by atoms with Crippen LogP contribution < -0.4 is 5.32 Å². The molecule has 1 unspecified atom stereocenters. The number of nitriles is 1. The summed E-state index contributed by atoms with van der Waals surface area (Å²) in [4.78, 5) is 0. The first-order valence-electron chi connectivity index (χ1n) is 6.97. The molecule has 0 aliphatic heterocycles. The van der Waals surface area contributed by atoms with Gasteiger partial charge in [0.15, 0.2) is 0 Å². The van der Waals surface area contributed by atoms with Crippen molar-refractivity contribution < 1.29 is 0 Å². The van der Waals surface area contributed by atoms with Crippen LogP contribution in [0.1, 0.15) is 56.7 Å². The molecule has 1 fully saturated rings. The Morgan fingerprint density at radius 1 is 1.28 bits per heavy atom. The Balaban J connectivity index is 1.98. The van der Waals surface area contributed by atoms with Crippen LogP contribution in [0.3, 0.4) is 0 Å². The first kappa shape index (κ1) is 13.1. The van der Waals surface area contributed by atoms with Gasteiger partial charge < -0.3 is 5.32 Å². The normalized spacial score (nSPS) is 19.4. The van der Waals surface area contributed by atoms with E-state index in [0.29, 0.717) is 12.1 Å². The highest BCUT2D eigenvalue weighted by molar-refractivity contribution is 5.34. The van der Waals surface area contributed by atoms with Crippen molar-refractivity contribution in [3.8, 4) is 6.07 Å². The molecule has 18 heavy (non-hydrogen) atoms. The molecular weight excluding hydrogens is 220 g/mol. The van der Waals surface area contributed by atoms with Gasteiger partial charge in [0.2, 0.25) is 0 Å². The van der Waals surface area contributed by atoms with Gasteiger partial charge >= 0.3 is 0 Å². The standard InChI is InChI=1S/C16H22N2/c1-12(15-7-3-4-8-15)18-13(2)16-9-5-6-14(10-16)11-17/h5-6,9-10,12-13,15,18H,3-4,7-8H2,1-2H3/t12-,13?/m1/s1. The maximum Gasteiger partial charge on any atom is 0.0991 e. The zero-order valence-electron chi connectivity index (χ0n) is 11.3. The molecular formula is C16H22N2. The van der Waals surface area contributed by atoms with Crippen LogP contribution in [0, 0.1) is 17.2 Å². The Kier molecular flexibility index (Phi) is 4.38. The van der Waals surface area contributed by atoms with Gasteiger partial charge in [-0.2, -0.15) is 5.26 Å². The Morgan fingerprint density at radius 3 is 2.67 bits per heavy atom. The van der Waals surface area contributed by atoms with E-state index in [-0.39, 0.29) is 0 Å². The summed E-state index contributed by atoms with van der Waals surface area (Å²) in [6.07, 6.45) is 5.49. The van der Waals surface area contributed by atoms with Gasteiger partial charge in [-0.25, -0.2) is 0 Å². The van der Waals surface area contributed by atoms with E-state index < -0.39 is 0 Å². The van der Waals surface area contributed by atoms with Crippen molar-refractivity contribution >= 4 is 0 Å². The largest absolute Gasteiger partial charge is 0.307 e. The van der Waals surface area contributed by atoms with Gasteiger partial charge in [-0.15, -0.1) is 0 Å². The summed E-state index contributed by atoms with van der Waals surface area (Å²) in [6, 6.07) is 11.0. The Morgan fingerprint density at radius 2 is 2.00 bits per heavy atom. The summed E-state index contributed by atoms with van der Waals surface area (Å²) in [5.41, 5.74) is 1.95. The lowest BCUT2D eigenvalue weighted by Crippen LogP contribution is -2.34.